The molecule has 4 aromatic heterocycles. The standard InChI is InChI=1S/C52H33BN2O3/c1-52(2,3)28-16-18-29(19-17-28)55-40-24-36-30-10-4-7-13-42(30)57-46(36)26-35(40)32-20-21-34-48-39(22-23-45-49(48)33-12-6-9-15-44(33)56-45)54-41-25-37-31-11-5-8-14-43(31)58-47(37)27-38(41)53(55)50(32)51(34)54/h4-27H,1-3H3. The molecule has 0 N–H and O–H groups in total. The second-order valence-corrected chi connectivity index (χ2v) is 17.2. The van der Waals surface area contributed by atoms with Gasteiger partial charge in [0.05, 0.1) is 11.0 Å². The molecule has 5 nitrogen and oxygen atoms in total. The van der Waals surface area contributed by atoms with E-state index in [1.54, 1.807) is 0 Å². The van der Waals surface area contributed by atoms with E-state index < -0.39 is 0 Å². The number of anilines is 2. The topological polar surface area (TPSA) is 47.6 Å². The first-order valence-corrected chi connectivity index (χ1v) is 20.1. The molecule has 0 radical (unpaired) electrons. The average molecular weight is 745 g/mol. The zero-order chi connectivity index (χ0) is 38.2. The van der Waals surface area contributed by atoms with Crippen molar-refractivity contribution in [3.63, 3.8) is 0 Å². The zero-order valence-corrected chi connectivity index (χ0v) is 32.1. The van der Waals surface area contributed by atoms with Crippen LogP contribution in [0, 0.1) is 0 Å². The highest BCUT2D eigenvalue weighted by Gasteiger charge is 2.45. The lowest BCUT2D eigenvalue weighted by molar-refractivity contribution is 0.590. The fraction of sp³-hybridized carbons (Fsp3) is 0.0769. The molecule has 6 heteroatoms. The van der Waals surface area contributed by atoms with E-state index in [-0.39, 0.29) is 12.3 Å². The minimum absolute atomic E-state index is 0.0207. The number of aromatic nitrogens is 1. The van der Waals surface area contributed by atoms with Gasteiger partial charge in [-0.05, 0) is 94.2 Å². The SMILES string of the molecule is CC(C)(C)c1ccc(N2B3c4cc5oc6ccccc6c5cc4-n4c5ccc6oc7ccccc7c6c5c5ccc(c3c54)-c3cc4oc5ccccc5c4cc32)cc1. The molecule has 58 heavy (non-hydrogen) atoms. The molecule has 0 spiro atoms. The van der Waals surface area contributed by atoms with Crippen molar-refractivity contribution in [1.82, 2.24) is 4.57 Å². The number of hydrogen-bond donors (Lipinski definition) is 0. The molecule has 0 atom stereocenters. The van der Waals surface area contributed by atoms with Crippen LogP contribution in [-0.4, -0.2) is 11.4 Å². The maximum Gasteiger partial charge on any atom is 0.333 e. The third-order valence-electron chi connectivity index (χ3n) is 13.1. The first-order chi connectivity index (χ1) is 28.4. The van der Waals surface area contributed by atoms with Crippen molar-refractivity contribution in [3.05, 3.63) is 151 Å². The smallest absolute Gasteiger partial charge is 0.333 e. The van der Waals surface area contributed by atoms with E-state index in [0.717, 1.165) is 94.0 Å². The van der Waals surface area contributed by atoms with E-state index in [1.807, 2.05) is 6.07 Å². The molecule has 6 heterocycles. The van der Waals surface area contributed by atoms with Gasteiger partial charge in [-0.2, -0.15) is 0 Å². The Hall–Kier alpha value is -7.18. The number of benzene rings is 8. The minimum Gasteiger partial charge on any atom is -0.456 e. The molecule has 2 aliphatic heterocycles. The van der Waals surface area contributed by atoms with Gasteiger partial charge >= 0.3 is 6.85 Å². The minimum atomic E-state index is -0.164. The van der Waals surface area contributed by atoms with Gasteiger partial charge in [0.25, 0.3) is 0 Å². The maximum absolute atomic E-state index is 6.69. The number of para-hydroxylation sites is 3. The van der Waals surface area contributed by atoms with Crippen molar-refractivity contribution in [2.24, 2.45) is 0 Å². The van der Waals surface area contributed by atoms with E-state index in [0.29, 0.717) is 0 Å². The van der Waals surface area contributed by atoms with Gasteiger partial charge in [-0.1, -0.05) is 99.6 Å². The average Bonchev–Trinajstić information content (AvgIpc) is 4.00. The second kappa shape index (κ2) is 10.4. The van der Waals surface area contributed by atoms with Crippen molar-refractivity contribution in [2.45, 2.75) is 26.2 Å². The Morgan fingerprint density at radius 1 is 0.466 bits per heavy atom. The van der Waals surface area contributed by atoms with Crippen LogP contribution in [0.3, 0.4) is 0 Å². The van der Waals surface area contributed by atoms with Crippen molar-refractivity contribution < 1.29 is 13.3 Å². The predicted octanol–water partition coefficient (Wildman–Crippen LogP) is 13.0. The first kappa shape index (κ1) is 31.0. The Balaban J connectivity index is 1.19. The summed E-state index contributed by atoms with van der Waals surface area (Å²) in [4.78, 5) is 2.59. The van der Waals surface area contributed by atoms with E-state index in [9.17, 15) is 0 Å². The van der Waals surface area contributed by atoms with Crippen LogP contribution in [0.1, 0.15) is 26.3 Å². The zero-order valence-electron chi connectivity index (χ0n) is 32.1. The van der Waals surface area contributed by atoms with Gasteiger partial charge < -0.3 is 22.6 Å². The van der Waals surface area contributed by atoms with Crippen molar-refractivity contribution >= 4 is 117 Å². The number of nitrogens with zero attached hydrogens (tertiary/aromatic N) is 2. The molecule has 272 valence electrons. The molecule has 14 rings (SSSR count). The highest BCUT2D eigenvalue weighted by atomic mass is 16.3. The summed E-state index contributed by atoms with van der Waals surface area (Å²) in [7, 11) is 0. The molecule has 0 aliphatic carbocycles. The van der Waals surface area contributed by atoms with E-state index in [4.69, 9.17) is 13.3 Å². The van der Waals surface area contributed by atoms with Crippen molar-refractivity contribution in [3.8, 4) is 16.8 Å². The normalized spacial score (nSPS) is 13.7. The lowest BCUT2D eigenvalue weighted by Crippen LogP contribution is -2.60. The van der Waals surface area contributed by atoms with Crippen LogP contribution in [0.15, 0.2) is 159 Å². The largest absolute Gasteiger partial charge is 0.456 e. The molecule has 0 saturated carbocycles. The fourth-order valence-corrected chi connectivity index (χ4v) is 10.5. The molecule has 0 fully saturated rings. The molecule has 0 unspecified atom stereocenters. The van der Waals surface area contributed by atoms with Crippen LogP contribution in [0.25, 0.3) is 104 Å². The molecule has 0 saturated heterocycles. The summed E-state index contributed by atoms with van der Waals surface area (Å²) in [5, 5.41) is 9.18. The van der Waals surface area contributed by atoms with Crippen LogP contribution in [0.2, 0.25) is 0 Å². The Bertz CT molecular complexity index is 3800. The summed E-state index contributed by atoms with van der Waals surface area (Å²) in [5.41, 5.74) is 17.4. The van der Waals surface area contributed by atoms with Crippen molar-refractivity contribution in [2.75, 3.05) is 4.81 Å². The highest BCUT2D eigenvalue weighted by Crippen LogP contribution is 2.49. The lowest BCUT2D eigenvalue weighted by Gasteiger charge is -2.42. The number of rotatable bonds is 1. The summed E-state index contributed by atoms with van der Waals surface area (Å²) in [6.45, 7) is 6.67. The second-order valence-electron chi connectivity index (χ2n) is 17.2. The lowest BCUT2D eigenvalue weighted by atomic mass is 9.44. The van der Waals surface area contributed by atoms with Gasteiger partial charge in [0, 0.05) is 65.7 Å². The summed E-state index contributed by atoms with van der Waals surface area (Å²) in [6, 6.07) is 52.9. The van der Waals surface area contributed by atoms with Gasteiger partial charge in [0.2, 0.25) is 0 Å². The van der Waals surface area contributed by atoms with Gasteiger partial charge in [-0.15, -0.1) is 0 Å². The Morgan fingerprint density at radius 2 is 1.09 bits per heavy atom. The van der Waals surface area contributed by atoms with Gasteiger partial charge in [-0.25, -0.2) is 0 Å². The number of fused-ring (bicyclic) bond motifs is 18. The Labute approximate surface area is 332 Å². The molecular weight excluding hydrogens is 711 g/mol. The monoisotopic (exact) mass is 744 g/mol. The fourth-order valence-electron chi connectivity index (χ4n) is 10.5. The Kier molecular flexibility index (Phi) is 5.56. The van der Waals surface area contributed by atoms with Gasteiger partial charge in [-0.3, -0.25) is 0 Å². The van der Waals surface area contributed by atoms with E-state index >= 15 is 0 Å². The molecular formula is C52H33BN2O3. The Morgan fingerprint density at radius 3 is 1.79 bits per heavy atom. The summed E-state index contributed by atoms with van der Waals surface area (Å²) in [6.07, 6.45) is 0. The summed E-state index contributed by atoms with van der Waals surface area (Å²) in [5.74, 6) is 0. The van der Waals surface area contributed by atoms with Crippen LogP contribution in [-0.2, 0) is 5.41 Å². The molecule has 0 amide bonds. The van der Waals surface area contributed by atoms with Crippen LogP contribution in [0.4, 0.5) is 11.4 Å². The number of furan rings is 3. The molecule has 0 bridgehead atoms. The van der Waals surface area contributed by atoms with Crippen LogP contribution < -0.4 is 15.7 Å². The first-order valence-electron chi connectivity index (χ1n) is 20.1. The number of hydrogen-bond acceptors (Lipinski definition) is 4. The van der Waals surface area contributed by atoms with Crippen LogP contribution in [0.5, 0.6) is 0 Å². The van der Waals surface area contributed by atoms with Crippen molar-refractivity contribution in [1.29, 1.82) is 0 Å². The molecule has 12 aromatic rings. The third kappa shape index (κ3) is 3.78. The summed E-state index contributed by atoms with van der Waals surface area (Å²) < 4.78 is 22.3. The van der Waals surface area contributed by atoms with E-state index in [1.165, 1.54) is 38.3 Å². The molecule has 2 aliphatic rings. The predicted molar refractivity (Wildman–Crippen MR) is 240 cm³/mol. The quantitative estimate of drug-likeness (QED) is 0.157. The maximum atomic E-state index is 6.69. The summed E-state index contributed by atoms with van der Waals surface area (Å²) >= 11 is 0. The highest BCUT2D eigenvalue weighted by molar-refractivity contribution is 6.94. The van der Waals surface area contributed by atoms with E-state index in [2.05, 4.69) is 170 Å². The molecule has 8 aromatic carbocycles. The van der Waals surface area contributed by atoms with Gasteiger partial charge in [0.1, 0.15) is 33.5 Å². The third-order valence-corrected chi connectivity index (χ3v) is 13.1. The van der Waals surface area contributed by atoms with Crippen LogP contribution >= 0.6 is 0 Å². The van der Waals surface area contributed by atoms with Gasteiger partial charge in [0.15, 0.2) is 0 Å².